The first-order valence-electron chi connectivity index (χ1n) is 18.2. The maximum Gasteiger partial charge on any atom is 0.214 e. The predicted octanol–water partition coefficient (Wildman–Crippen LogP) is 8.89. The van der Waals surface area contributed by atoms with Crippen molar-refractivity contribution in [2.75, 3.05) is 18.4 Å². The monoisotopic (exact) mass is 634 g/mol. The largest absolute Gasteiger partial charge is 0.384 e. The first-order chi connectivity index (χ1) is 23.8. The van der Waals surface area contributed by atoms with Gasteiger partial charge in [0.05, 0.1) is 16.5 Å². The molecule has 4 nitrogen and oxygen atoms in total. The van der Waals surface area contributed by atoms with E-state index >= 15 is 0 Å². The predicted molar refractivity (Wildman–Crippen MR) is 199 cm³/mol. The molecule has 0 atom stereocenters. The number of anilines is 1. The first-order valence-corrected chi connectivity index (χ1v) is 18.2. The normalized spacial score (nSPS) is 15.7. The van der Waals surface area contributed by atoms with Crippen molar-refractivity contribution < 1.29 is 9.13 Å². The van der Waals surface area contributed by atoms with Gasteiger partial charge in [-0.3, -0.25) is 0 Å². The van der Waals surface area contributed by atoms with E-state index in [9.17, 15) is 0 Å². The summed E-state index contributed by atoms with van der Waals surface area (Å²) in [5.74, 6) is 0. The van der Waals surface area contributed by atoms with E-state index in [1.165, 1.54) is 107 Å². The average molecular weight is 635 g/mol. The molecule has 244 valence electrons. The maximum absolute atomic E-state index is 3.75. The third kappa shape index (κ3) is 8.11. The number of aromatic nitrogens is 2. The third-order valence-electron chi connectivity index (χ3n) is 10.0. The summed E-state index contributed by atoms with van der Waals surface area (Å²) in [6.45, 7) is 4.76. The van der Waals surface area contributed by atoms with Crippen LogP contribution in [0.5, 0.6) is 0 Å². The van der Waals surface area contributed by atoms with Crippen molar-refractivity contribution in [3.63, 3.8) is 0 Å². The van der Waals surface area contributed by atoms with E-state index in [1.54, 1.807) is 0 Å². The van der Waals surface area contributed by atoms with Gasteiger partial charge >= 0.3 is 0 Å². The highest BCUT2D eigenvalue weighted by Crippen LogP contribution is 2.22. The van der Waals surface area contributed by atoms with Crippen molar-refractivity contribution in [2.24, 2.45) is 0 Å². The van der Waals surface area contributed by atoms with Gasteiger partial charge in [0, 0.05) is 48.5 Å². The third-order valence-corrected chi connectivity index (χ3v) is 10.0. The number of hydrogen-bond donors (Lipinski definition) is 2. The summed E-state index contributed by atoms with van der Waals surface area (Å²) >= 11 is 0. The number of pyridine rings is 2. The molecule has 0 aliphatic carbocycles. The van der Waals surface area contributed by atoms with E-state index in [-0.39, 0.29) is 0 Å². The van der Waals surface area contributed by atoms with Crippen LogP contribution < -0.4 is 19.8 Å². The smallest absolute Gasteiger partial charge is 0.214 e. The van der Waals surface area contributed by atoms with Gasteiger partial charge in [-0.05, 0) is 54.6 Å². The van der Waals surface area contributed by atoms with Crippen LogP contribution in [0.1, 0.15) is 79.2 Å². The Morgan fingerprint density at radius 2 is 0.938 bits per heavy atom. The van der Waals surface area contributed by atoms with Crippen LogP contribution in [0.3, 0.4) is 0 Å². The first kappa shape index (κ1) is 32.0. The van der Waals surface area contributed by atoms with E-state index in [2.05, 4.69) is 141 Å². The molecular weight excluding hydrogens is 585 g/mol. The van der Waals surface area contributed by atoms with E-state index in [1.807, 2.05) is 0 Å². The molecule has 6 aromatic rings. The van der Waals surface area contributed by atoms with E-state index in [0.717, 1.165) is 39.1 Å². The molecule has 0 radical (unpaired) electrons. The second-order valence-electron chi connectivity index (χ2n) is 13.6. The van der Waals surface area contributed by atoms with Gasteiger partial charge in [0.15, 0.2) is 25.5 Å². The summed E-state index contributed by atoms with van der Waals surface area (Å²) in [5.41, 5.74) is 10.5. The molecular formula is C44H50N4+2. The molecule has 4 aliphatic heterocycles. The van der Waals surface area contributed by atoms with Crippen LogP contribution in [0.2, 0.25) is 0 Å². The summed E-state index contributed by atoms with van der Waals surface area (Å²) in [6, 6.07) is 40.6. The highest BCUT2D eigenvalue weighted by molar-refractivity contribution is 5.88. The van der Waals surface area contributed by atoms with Gasteiger partial charge in [-0.25, -0.2) is 0 Å². The van der Waals surface area contributed by atoms with Crippen molar-refractivity contribution in [2.45, 2.75) is 77.4 Å². The summed E-state index contributed by atoms with van der Waals surface area (Å²) in [6.07, 6.45) is 15.9. The number of fused-ring (bicyclic) bond motifs is 3. The Morgan fingerprint density at radius 1 is 0.438 bits per heavy atom. The molecule has 4 aromatic carbocycles. The van der Waals surface area contributed by atoms with Gasteiger partial charge < -0.3 is 10.6 Å². The number of rotatable bonds is 0. The lowest BCUT2D eigenvalue weighted by atomic mass is 10.0. The quantitative estimate of drug-likeness (QED) is 0.164. The highest BCUT2D eigenvalue weighted by Gasteiger charge is 2.15. The standard InChI is InChI=1S/C44H49N4/c1-2-4-6-12-28-46-42-26-30-48(44-16-10-8-14-41(42)44)34-38-23-19-36(20-24-38)31-35-17-21-37(22-18-35)33-47-29-25-39(32-45-27-11-5-3-1)40-13-7-9-15-43(40)47/h7-10,13-26,29-30,45H,1-6,11-12,27-28,31-34H2/q+1/p+1. The summed E-state index contributed by atoms with van der Waals surface area (Å²) in [7, 11) is 0. The molecule has 0 amide bonds. The summed E-state index contributed by atoms with van der Waals surface area (Å²) in [4.78, 5) is 0. The van der Waals surface area contributed by atoms with Crippen molar-refractivity contribution in [3.05, 3.63) is 149 Å². The molecule has 4 aliphatic rings. The second-order valence-corrected chi connectivity index (χ2v) is 13.6. The number of benzene rings is 4. The Hall–Kier alpha value is -4.54. The fourth-order valence-corrected chi connectivity index (χ4v) is 7.25. The van der Waals surface area contributed by atoms with Crippen molar-refractivity contribution in [1.82, 2.24) is 5.32 Å². The van der Waals surface area contributed by atoms with Crippen LogP contribution in [0.4, 0.5) is 5.69 Å². The summed E-state index contributed by atoms with van der Waals surface area (Å²) in [5, 5.41) is 10.1. The molecule has 4 heteroatoms. The minimum Gasteiger partial charge on any atom is -0.384 e. The number of para-hydroxylation sites is 2. The molecule has 0 saturated carbocycles. The SMILES string of the molecule is c1ccc2c(c1)c1cc[n+]2Cc2ccc(cc2)Cc2ccc(cc2)C[n+]2ccc(c3ccccc32)NCCCCCCCCCCNC1. The van der Waals surface area contributed by atoms with Crippen LogP contribution in [-0.2, 0) is 26.1 Å². The molecule has 0 fully saturated rings. The molecule has 2 N–H and O–H groups in total. The van der Waals surface area contributed by atoms with Gasteiger partial charge in [-0.2, -0.15) is 9.13 Å². The zero-order valence-corrected chi connectivity index (χ0v) is 28.3. The minimum atomic E-state index is 0.861. The molecule has 48 heavy (non-hydrogen) atoms. The van der Waals surface area contributed by atoms with Crippen LogP contribution in [0.25, 0.3) is 21.8 Å². The lowest BCUT2D eigenvalue weighted by molar-refractivity contribution is -0.662. The van der Waals surface area contributed by atoms with E-state index in [0.29, 0.717) is 0 Å². The fourth-order valence-electron chi connectivity index (χ4n) is 7.25. The van der Waals surface area contributed by atoms with Crippen LogP contribution in [-0.4, -0.2) is 13.1 Å². The van der Waals surface area contributed by atoms with Gasteiger partial charge in [0.1, 0.15) is 0 Å². The van der Waals surface area contributed by atoms with Crippen LogP contribution in [0.15, 0.2) is 122 Å². The fraction of sp³-hybridized carbons (Fsp3) is 0.318. The Morgan fingerprint density at radius 3 is 1.58 bits per heavy atom. The van der Waals surface area contributed by atoms with Crippen molar-refractivity contribution in [1.29, 1.82) is 0 Å². The second kappa shape index (κ2) is 16.0. The number of nitrogens with zero attached hydrogens (tertiary/aromatic N) is 2. The number of nitrogens with one attached hydrogen (secondary N) is 2. The molecule has 2 aromatic heterocycles. The molecule has 10 rings (SSSR count). The minimum absolute atomic E-state index is 0.861. The van der Waals surface area contributed by atoms with Crippen LogP contribution in [0, 0.1) is 0 Å². The molecule has 0 unspecified atom stereocenters. The van der Waals surface area contributed by atoms with Gasteiger partial charge in [-0.15, -0.1) is 0 Å². The average Bonchev–Trinajstić information content (AvgIpc) is 3.13. The molecule has 8 bridgehead atoms. The molecule has 6 heterocycles. The van der Waals surface area contributed by atoms with Gasteiger partial charge in [-0.1, -0.05) is 111 Å². The summed E-state index contributed by atoms with van der Waals surface area (Å²) < 4.78 is 4.77. The van der Waals surface area contributed by atoms with Gasteiger partial charge in [0.25, 0.3) is 0 Å². The Labute approximate surface area is 286 Å². The zero-order valence-electron chi connectivity index (χ0n) is 28.3. The van der Waals surface area contributed by atoms with E-state index < -0.39 is 0 Å². The van der Waals surface area contributed by atoms with Crippen molar-refractivity contribution >= 4 is 27.5 Å². The Bertz CT molecular complexity index is 1790. The zero-order chi connectivity index (χ0) is 32.4. The number of hydrogen-bond acceptors (Lipinski definition) is 2. The highest BCUT2D eigenvalue weighted by atomic mass is 15.0. The molecule has 0 spiro atoms. The topological polar surface area (TPSA) is 31.8 Å². The van der Waals surface area contributed by atoms with E-state index in [4.69, 9.17) is 0 Å². The lowest BCUT2D eigenvalue weighted by Crippen LogP contribution is -2.35. The Balaban J connectivity index is 1.08. The van der Waals surface area contributed by atoms with Gasteiger partial charge in [0.2, 0.25) is 11.0 Å². The van der Waals surface area contributed by atoms with Crippen LogP contribution >= 0.6 is 0 Å². The molecule has 0 saturated heterocycles. The van der Waals surface area contributed by atoms with Crippen molar-refractivity contribution in [3.8, 4) is 0 Å². The Kier molecular flexibility index (Phi) is 10.7. The lowest BCUT2D eigenvalue weighted by Gasteiger charge is -2.11. The maximum atomic E-state index is 3.75.